The number of hydrogen-bond acceptors (Lipinski definition) is 6. The molecule has 1 fully saturated rings. The van der Waals surface area contributed by atoms with Gasteiger partial charge in [0.2, 0.25) is 0 Å². The number of carboxylic acid groups (broad SMARTS) is 1. The van der Waals surface area contributed by atoms with E-state index in [1.54, 1.807) is 36.4 Å². The fourth-order valence-electron chi connectivity index (χ4n) is 4.79. The number of carbonyl (C=O) groups excluding carboxylic acids is 2. The van der Waals surface area contributed by atoms with Crippen molar-refractivity contribution >= 4 is 40.8 Å². The maximum Gasteiger partial charge on any atom is 1.00 e. The van der Waals surface area contributed by atoms with Crippen LogP contribution in [0.5, 0.6) is 17.2 Å². The number of amides is 1. The van der Waals surface area contributed by atoms with Gasteiger partial charge in [0.05, 0.1) is 11.6 Å². The molecule has 2 aliphatic heterocycles. The molecule has 0 aliphatic carbocycles. The first kappa shape index (κ1) is 28.6. The number of anilines is 1. The van der Waals surface area contributed by atoms with Gasteiger partial charge in [-0.25, -0.2) is 0 Å². The van der Waals surface area contributed by atoms with E-state index >= 15 is 0 Å². The van der Waals surface area contributed by atoms with E-state index in [2.05, 4.69) is 10.2 Å². The minimum atomic E-state index is -1.16. The topological polar surface area (TPSA) is 90.9 Å². The van der Waals surface area contributed by atoms with Gasteiger partial charge in [-0.1, -0.05) is 29.3 Å². The third kappa shape index (κ3) is 6.58. The van der Waals surface area contributed by atoms with E-state index in [1.165, 1.54) is 0 Å². The van der Waals surface area contributed by atoms with Gasteiger partial charge in [-0.2, -0.15) is 0 Å². The average molecular weight is 563 g/mol. The third-order valence-corrected chi connectivity index (χ3v) is 7.19. The molecule has 0 saturated carbocycles. The molecule has 7 nitrogen and oxygen atoms in total. The Labute approximate surface area is 253 Å². The Hall–Kier alpha value is -2.42. The van der Waals surface area contributed by atoms with Gasteiger partial charge in [0.25, 0.3) is 5.91 Å². The van der Waals surface area contributed by atoms with Gasteiger partial charge in [-0.3, -0.25) is 4.79 Å². The van der Waals surface area contributed by atoms with E-state index in [9.17, 15) is 14.7 Å². The fourth-order valence-corrected chi connectivity index (χ4v) is 5.18. The van der Waals surface area contributed by atoms with Crippen molar-refractivity contribution in [1.82, 2.24) is 5.32 Å². The van der Waals surface area contributed by atoms with Crippen LogP contribution in [0.3, 0.4) is 0 Å². The van der Waals surface area contributed by atoms with Crippen LogP contribution >= 0.6 is 23.2 Å². The number of ether oxygens (including phenoxy) is 2. The molecule has 1 amide bonds. The zero-order chi connectivity index (χ0) is 25.9. The summed E-state index contributed by atoms with van der Waals surface area (Å²) < 4.78 is 11.5. The molecule has 38 heavy (non-hydrogen) atoms. The van der Waals surface area contributed by atoms with Crippen molar-refractivity contribution in [2.24, 2.45) is 0 Å². The van der Waals surface area contributed by atoms with E-state index < -0.39 is 11.9 Å². The number of nitrogens with one attached hydrogen (secondary N) is 1. The predicted octanol–water partition coefficient (Wildman–Crippen LogP) is 1.80. The number of nitrogens with zero attached hydrogens (tertiary/aromatic N) is 1. The molecule has 10 heteroatoms. The van der Waals surface area contributed by atoms with Gasteiger partial charge in [-0.15, -0.1) is 0 Å². The molecule has 0 radical (unpaired) electrons. The monoisotopic (exact) mass is 562 g/mol. The van der Waals surface area contributed by atoms with Crippen molar-refractivity contribution in [1.29, 1.82) is 0 Å². The SMILES string of the molecule is O=C(NC1CCCN(c2cccc(Cl)c2)C1)c1ccc(Oc2cc3c(cc2Cl)C(C(=O)[O-])CCO3)cc1.[Na+]. The van der Waals surface area contributed by atoms with Crippen molar-refractivity contribution in [3.8, 4) is 17.2 Å². The number of aliphatic carboxylic acids is 1. The second-order valence-corrected chi connectivity index (χ2v) is 10.0. The van der Waals surface area contributed by atoms with Crippen LogP contribution < -0.4 is 54.4 Å². The molecule has 192 valence electrons. The molecular weight excluding hydrogens is 538 g/mol. The largest absolute Gasteiger partial charge is 1.00 e. The van der Waals surface area contributed by atoms with E-state index in [4.69, 9.17) is 32.7 Å². The number of benzene rings is 3. The maximum atomic E-state index is 12.9. The number of rotatable bonds is 6. The summed E-state index contributed by atoms with van der Waals surface area (Å²) >= 11 is 12.5. The van der Waals surface area contributed by atoms with Gasteiger partial charge < -0.3 is 29.6 Å². The second-order valence-electron chi connectivity index (χ2n) is 9.19. The maximum absolute atomic E-state index is 12.9. The van der Waals surface area contributed by atoms with Crippen LogP contribution in [0.25, 0.3) is 0 Å². The molecule has 0 spiro atoms. The molecule has 3 aromatic carbocycles. The van der Waals surface area contributed by atoms with Gasteiger partial charge in [0.15, 0.2) is 0 Å². The van der Waals surface area contributed by atoms with Crippen LogP contribution in [-0.4, -0.2) is 37.6 Å². The van der Waals surface area contributed by atoms with Crippen molar-refractivity contribution in [3.05, 3.63) is 81.8 Å². The van der Waals surface area contributed by atoms with Crippen LogP contribution in [-0.2, 0) is 4.79 Å². The third-order valence-electron chi connectivity index (χ3n) is 6.66. The Kier molecular flexibility index (Phi) is 9.50. The summed E-state index contributed by atoms with van der Waals surface area (Å²) in [5, 5.41) is 15.5. The van der Waals surface area contributed by atoms with Crippen molar-refractivity contribution in [2.45, 2.75) is 31.2 Å². The summed E-state index contributed by atoms with van der Waals surface area (Å²) in [4.78, 5) is 26.6. The molecule has 0 bridgehead atoms. The zero-order valence-electron chi connectivity index (χ0n) is 20.9. The number of carbonyl (C=O) groups is 2. The molecule has 2 aliphatic rings. The Morgan fingerprint density at radius 2 is 1.84 bits per heavy atom. The van der Waals surface area contributed by atoms with E-state index in [0.29, 0.717) is 46.4 Å². The van der Waals surface area contributed by atoms with Crippen LogP contribution in [0.15, 0.2) is 60.7 Å². The van der Waals surface area contributed by atoms with Crippen molar-refractivity contribution in [2.75, 3.05) is 24.6 Å². The first-order valence-electron chi connectivity index (χ1n) is 12.1. The summed E-state index contributed by atoms with van der Waals surface area (Å²) in [6.45, 7) is 1.91. The molecule has 5 rings (SSSR count). The Balaban J connectivity index is 0.00000336. The summed E-state index contributed by atoms with van der Waals surface area (Å²) in [6.07, 6.45) is 2.20. The number of halogens is 2. The first-order valence-corrected chi connectivity index (χ1v) is 12.9. The van der Waals surface area contributed by atoms with Crippen LogP contribution in [0, 0.1) is 0 Å². The number of hydrogen-bond donors (Lipinski definition) is 1. The minimum absolute atomic E-state index is 0. The first-order chi connectivity index (χ1) is 17.9. The van der Waals surface area contributed by atoms with Crippen LogP contribution in [0.4, 0.5) is 5.69 Å². The molecule has 1 saturated heterocycles. The Morgan fingerprint density at radius 3 is 2.58 bits per heavy atom. The van der Waals surface area contributed by atoms with Crippen LogP contribution in [0.1, 0.15) is 41.1 Å². The van der Waals surface area contributed by atoms with Gasteiger partial charge in [0, 0.05) is 58.9 Å². The van der Waals surface area contributed by atoms with Crippen molar-refractivity contribution in [3.63, 3.8) is 0 Å². The number of piperidine rings is 1. The molecule has 1 N–H and O–H groups in total. The smallest absolute Gasteiger partial charge is 0.549 e. The molecule has 3 aromatic rings. The zero-order valence-corrected chi connectivity index (χ0v) is 24.4. The summed E-state index contributed by atoms with van der Waals surface area (Å²) in [7, 11) is 0. The number of fused-ring (bicyclic) bond motifs is 1. The van der Waals surface area contributed by atoms with Crippen LogP contribution in [0.2, 0.25) is 10.0 Å². The predicted molar refractivity (Wildman–Crippen MR) is 140 cm³/mol. The number of carboxylic acids is 1. The average Bonchev–Trinajstić information content (AvgIpc) is 2.89. The van der Waals surface area contributed by atoms with E-state index in [0.717, 1.165) is 25.1 Å². The van der Waals surface area contributed by atoms with Crippen molar-refractivity contribution < 1.29 is 53.7 Å². The molecular formula is C28H25Cl2N2NaO5. The standard InChI is InChI=1S/C28H26Cl2N2O5.Na/c29-18-3-1-5-20(13-18)32-11-2-4-19(16-32)31-27(33)17-6-8-21(9-7-17)37-26-15-25-23(14-24(26)30)22(28(34)35)10-12-36-25;/h1,3,5-9,13-15,19,22H,2,4,10-12,16H2,(H,31,33)(H,34,35);/q;+1/p-1. The van der Waals surface area contributed by atoms with Gasteiger partial charge in [-0.05, 0) is 67.8 Å². The summed E-state index contributed by atoms with van der Waals surface area (Å²) in [6, 6.07) is 17.7. The van der Waals surface area contributed by atoms with Gasteiger partial charge in [0.1, 0.15) is 17.2 Å². The quantitative estimate of drug-likeness (QED) is 0.461. The van der Waals surface area contributed by atoms with E-state index in [-0.39, 0.29) is 53.1 Å². The molecule has 2 unspecified atom stereocenters. The fraction of sp³-hybridized carbons (Fsp3) is 0.286. The normalized spacial score (nSPS) is 18.4. The molecule has 2 heterocycles. The summed E-state index contributed by atoms with van der Waals surface area (Å²) in [5.41, 5.74) is 2.05. The summed E-state index contributed by atoms with van der Waals surface area (Å²) in [5.74, 6) is -0.855. The molecule has 0 aromatic heterocycles. The molecule has 2 atom stereocenters. The Bertz CT molecular complexity index is 1320. The van der Waals surface area contributed by atoms with E-state index in [1.807, 2.05) is 24.3 Å². The Morgan fingerprint density at radius 1 is 1.05 bits per heavy atom. The van der Waals surface area contributed by atoms with Gasteiger partial charge >= 0.3 is 29.6 Å². The minimum Gasteiger partial charge on any atom is -0.549 e. The second kappa shape index (κ2) is 12.6.